The molecular formula is C48H82NO11P. The molecule has 4 atom stereocenters. The smallest absolute Gasteiger partial charge is 0.472 e. The van der Waals surface area contributed by atoms with E-state index in [9.17, 15) is 28.9 Å². The number of aliphatic hydroxyl groups excluding tert-OH is 1. The number of esters is 2. The van der Waals surface area contributed by atoms with E-state index in [1.165, 1.54) is 57.8 Å². The largest absolute Gasteiger partial charge is 0.480 e. The molecular weight excluding hydrogens is 797 g/mol. The topological polar surface area (TPSA) is 192 Å². The normalized spacial score (nSPS) is 14.8. The molecule has 2 unspecified atom stereocenters. The Bertz CT molecular complexity index is 1330. The van der Waals surface area contributed by atoms with Gasteiger partial charge in [-0.05, 0) is 83.5 Å². The first-order chi connectivity index (χ1) is 29.5. The first kappa shape index (κ1) is 57.9. The van der Waals surface area contributed by atoms with Gasteiger partial charge in [0.05, 0.1) is 19.3 Å². The van der Waals surface area contributed by atoms with Crippen LogP contribution in [-0.2, 0) is 37.5 Å². The minimum absolute atomic E-state index is 0.0664. The SMILES string of the molecule is CCCCC/C=C\C/C=C\CCCCCCCCCCCC(=O)OC[C@H](COP(=O)(O)OC[C@H](N)C(=O)O)OC(=O)CCC/C=C\C/C=C\C/C=C\C/C=C\CC(O)CCC. The molecule has 0 amide bonds. The molecule has 0 radical (unpaired) electrons. The fourth-order valence-electron chi connectivity index (χ4n) is 5.87. The second kappa shape index (κ2) is 42.2. The second-order valence-corrected chi connectivity index (χ2v) is 16.8. The van der Waals surface area contributed by atoms with Gasteiger partial charge in [-0.3, -0.25) is 23.4 Å². The van der Waals surface area contributed by atoms with Crippen molar-refractivity contribution in [1.82, 2.24) is 0 Å². The number of nitrogens with two attached hydrogens (primary N) is 1. The number of phosphoric ester groups is 1. The lowest BCUT2D eigenvalue weighted by atomic mass is 10.1. The van der Waals surface area contributed by atoms with Crippen molar-refractivity contribution in [2.75, 3.05) is 19.8 Å². The monoisotopic (exact) mass is 880 g/mol. The Labute approximate surface area is 368 Å². The molecule has 350 valence electrons. The summed E-state index contributed by atoms with van der Waals surface area (Å²) in [5.41, 5.74) is 5.33. The number of unbranched alkanes of at least 4 members (excludes halogenated alkanes) is 13. The van der Waals surface area contributed by atoms with E-state index in [1.54, 1.807) is 0 Å². The van der Waals surface area contributed by atoms with Gasteiger partial charge in [0.1, 0.15) is 12.6 Å². The summed E-state index contributed by atoms with van der Waals surface area (Å²) < 4.78 is 32.7. The quantitative estimate of drug-likeness (QED) is 0.0197. The van der Waals surface area contributed by atoms with Gasteiger partial charge in [-0.1, -0.05) is 151 Å². The van der Waals surface area contributed by atoms with Crippen LogP contribution in [0.4, 0.5) is 0 Å². The molecule has 0 aromatic carbocycles. The van der Waals surface area contributed by atoms with Gasteiger partial charge in [0.25, 0.3) is 0 Å². The van der Waals surface area contributed by atoms with Gasteiger partial charge in [-0.15, -0.1) is 0 Å². The van der Waals surface area contributed by atoms with Crippen molar-refractivity contribution in [2.45, 2.75) is 193 Å². The lowest BCUT2D eigenvalue weighted by molar-refractivity contribution is -0.161. The van der Waals surface area contributed by atoms with E-state index in [4.69, 9.17) is 24.8 Å². The van der Waals surface area contributed by atoms with Crippen molar-refractivity contribution in [3.8, 4) is 0 Å². The Morgan fingerprint density at radius 3 is 1.57 bits per heavy atom. The van der Waals surface area contributed by atoms with Crippen LogP contribution in [0.1, 0.15) is 174 Å². The number of carbonyl (C=O) groups excluding carboxylic acids is 2. The van der Waals surface area contributed by atoms with Crippen molar-refractivity contribution >= 4 is 25.7 Å². The number of carboxylic acid groups (broad SMARTS) is 1. The second-order valence-electron chi connectivity index (χ2n) is 15.4. The van der Waals surface area contributed by atoms with Crippen LogP contribution in [0.3, 0.4) is 0 Å². The van der Waals surface area contributed by atoms with E-state index in [0.717, 1.165) is 64.2 Å². The summed E-state index contributed by atoms with van der Waals surface area (Å²) in [7, 11) is -4.75. The van der Waals surface area contributed by atoms with Crippen LogP contribution in [0.2, 0.25) is 0 Å². The number of aliphatic carboxylic acids is 1. The zero-order valence-corrected chi connectivity index (χ0v) is 38.5. The van der Waals surface area contributed by atoms with E-state index in [0.29, 0.717) is 25.7 Å². The molecule has 0 spiro atoms. The molecule has 0 aromatic rings. The standard InChI is InChI=1S/C48H82NO11P/c1-3-5-6-7-8-9-10-11-12-13-14-15-16-19-22-25-28-31-34-38-46(51)57-40-44(41-58-61(55,56)59-42-45(49)48(53)54)60-47(52)39-35-32-29-26-23-20-17-18-21-24-27-30-33-37-43(50)36-4-2/h8-9,11-12,17,20-21,24,26,29-30,33,43-45,50H,3-7,10,13-16,18-19,22-23,25,27-28,31-32,34-42,49H2,1-2H3,(H,53,54)(H,55,56)/b9-8-,12-11-,20-17-,24-21-,29-26-,33-30-/t43?,44-,45+/m1/s1. The summed E-state index contributed by atoms with van der Waals surface area (Å²) in [6.07, 6.45) is 47.4. The third kappa shape index (κ3) is 42.0. The maximum Gasteiger partial charge on any atom is 0.472 e. The lowest BCUT2D eigenvalue weighted by Crippen LogP contribution is -2.34. The van der Waals surface area contributed by atoms with Crippen molar-refractivity contribution in [2.24, 2.45) is 5.73 Å². The van der Waals surface area contributed by atoms with E-state index in [1.807, 2.05) is 18.2 Å². The lowest BCUT2D eigenvalue weighted by Gasteiger charge is -2.20. The minimum Gasteiger partial charge on any atom is -0.480 e. The van der Waals surface area contributed by atoms with Crippen LogP contribution in [0.15, 0.2) is 72.9 Å². The molecule has 0 fully saturated rings. The van der Waals surface area contributed by atoms with Crippen molar-refractivity contribution < 1.29 is 52.6 Å². The number of carboxylic acids is 1. The van der Waals surface area contributed by atoms with Gasteiger partial charge in [0, 0.05) is 12.8 Å². The fourth-order valence-corrected chi connectivity index (χ4v) is 6.64. The summed E-state index contributed by atoms with van der Waals surface area (Å²) in [4.78, 5) is 46.0. The number of rotatable bonds is 42. The van der Waals surface area contributed by atoms with Gasteiger partial charge in [-0.2, -0.15) is 0 Å². The highest BCUT2D eigenvalue weighted by Gasteiger charge is 2.28. The third-order valence-corrected chi connectivity index (χ3v) is 10.4. The van der Waals surface area contributed by atoms with Crippen LogP contribution >= 0.6 is 7.82 Å². The van der Waals surface area contributed by atoms with E-state index in [2.05, 4.69) is 73.1 Å². The highest BCUT2D eigenvalue weighted by Crippen LogP contribution is 2.43. The first-order valence-corrected chi connectivity index (χ1v) is 24.5. The van der Waals surface area contributed by atoms with Gasteiger partial charge >= 0.3 is 25.7 Å². The Morgan fingerprint density at radius 2 is 1.03 bits per heavy atom. The molecule has 0 aliphatic rings. The molecule has 0 bridgehead atoms. The fraction of sp³-hybridized carbons (Fsp3) is 0.688. The average Bonchev–Trinajstić information content (AvgIpc) is 3.23. The highest BCUT2D eigenvalue weighted by atomic mass is 31.2. The van der Waals surface area contributed by atoms with Crippen molar-refractivity contribution in [1.29, 1.82) is 0 Å². The number of allylic oxidation sites excluding steroid dienone is 11. The zero-order valence-electron chi connectivity index (χ0n) is 37.6. The Balaban J connectivity index is 4.44. The van der Waals surface area contributed by atoms with Gasteiger partial charge < -0.3 is 30.3 Å². The van der Waals surface area contributed by atoms with E-state index >= 15 is 0 Å². The number of hydrogen-bond donors (Lipinski definition) is 4. The van der Waals surface area contributed by atoms with Crippen LogP contribution in [-0.4, -0.2) is 71.1 Å². The number of ether oxygens (including phenoxy) is 2. The predicted molar refractivity (Wildman–Crippen MR) is 246 cm³/mol. The number of hydrogen-bond acceptors (Lipinski definition) is 10. The van der Waals surface area contributed by atoms with Gasteiger partial charge in [0.2, 0.25) is 0 Å². The number of aliphatic hydroxyl groups is 1. The van der Waals surface area contributed by atoms with E-state index < -0.39 is 51.1 Å². The highest BCUT2D eigenvalue weighted by molar-refractivity contribution is 7.47. The summed E-state index contributed by atoms with van der Waals surface area (Å²) in [6.45, 7) is 2.51. The molecule has 61 heavy (non-hydrogen) atoms. The Morgan fingerprint density at radius 1 is 0.574 bits per heavy atom. The Hall–Kier alpha value is -3.12. The third-order valence-electron chi connectivity index (χ3n) is 9.48. The summed E-state index contributed by atoms with van der Waals surface area (Å²) in [6, 6.07) is -1.54. The Kier molecular flexibility index (Phi) is 40.0. The van der Waals surface area contributed by atoms with Crippen molar-refractivity contribution in [3.63, 3.8) is 0 Å². The predicted octanol–water partition coefficient (Wildman–Crippen LogP) is 11.5. The zero-order chi connectivity index (χ0) is 45.1. The maximum absolute atomic E-state index is 12.6. The number of carbonyl (C=O) groups is 3. The minimum atomic E-state index is -4.75. The molecule has 0 rings (SSSR count). The summed E-state index contributed by atoms with van der Waals surface area (Å²) in [5, 5.41) is 18.6. The molecule has 0 heterocycles. The first-order valence-electron chi connectivity index (χ1n) is 23.0. The average molecular weight is 880 g/mol. The van der Waals surface area contributed by atoms with Gasteiger partial charge in [0.15, 0.2) is 6.10 Å². The van der Waals surface area contributed by atoms with Gasteiger partial charge in [-0.25, -0.2) is 4.57 Å². The number of phosphoric acid groups is 1. The molecule has 0 aliphatic heterocycles. The maximum atomic E-state index is 12.6. The molecule has 13 heteroatoms. The summed E-state index contributed by atoms with van der Waals surface area (Å²) >= 11 is 0. The molecule has 0 aliphatic carbocycles. The van der Waals surface area contributed by atoms with E-state index in [-0.39, 0.29) is 25.6 Å². The molecule has 0 saturated heterocycles. The van der Waals surface area contributed by atoms with Crippen LogP contribution < -0.4 is 5.73 Å². The van der Waals surface area contributed by atoms with Crippen LogP contribution in [0, 0.1) is 0 Å². The molecule has 12 nitrogen and oxygen atoms in total. The van der Waals surface area contributed by atoms with Crippen LogP contribution in [0.5, 0.6) is 0 Å². The van der Waals surface area contributed by atoms with Crippen LogP contribution in [0.25, 0.3) is 0 Å². The molecule has 5 N–H and O–H groups in total. The molecule has 0 aromatic heterocycles. The summed E-state index contributed by atoms with van der Waals surface area (Å²) in [5.74, 6) is -2.49. The van der Waals surface area contributed by atoms with Crippen molar-refractivity contribution in [3.05, 3.63) is 72.9 Å². The molecule has 0 saturated carbocycles.